The van der Waals surface area contributed by atoms with Crippen LogP contribution in [-0.2, 0) is 6.54 Å². The molecule has 1 N–H and O–H groups in total. The van der Waals surface area contributed by atoms with E-state index in [1.165, 1.54) is 16.7 Å². The Kier molecular flexibility index (Phi) is 6.64. The zero-order chi connectivity index (χ0) is 20.4. The van der Waals surface area contributed by atoms with E-state index in [4.69, 9.17) is 9.47 Å². The number of benzene rings is 4. The Morgan fingerprint density at radius 1 is 0.533 bits per heavy atom. The van der Waals surface area contributed by atoms with E-state index in [0.717, 1.165) is 23.7 Å². The predicted molar refractivity (Wildman–Crippen MR) is 123 cm³/mol. The molecule has 4 rings (SSSR count). The van der Waals surface area contributed by atoms with Crippen molar-refractivity contribution in [3.63, 3.8) is 0 Å². The van der Waals surface area contributed by atoms with E-state index in [9.17, 15) is 0 Å². The van der Waals surface area contributed by atoms with Crippen LogP contribution in [0, 0.1) is 0 Å². The van der Waals surface area contributed by atoms with Crippen LogP contribution in [0.4, 0.5) is 5.69 Å². The van der Waals surface area contributed by atoms with Gasteiger partial charge in [0.1, 0.15) is 24.7 Å². The van der Waals surface area contributed by atoms with Gasteiger partial charge >= 0.3 is 0 Å². The van der Waals surface area contributed by atoms with Crippen LogP contribution in [0.5, 0.6) is 11.5 Å². The summed E-state index contributed by atoms with van der Waals surface area (Å²) in [6.45, 7) is 1.77. The summed E-state index contributed by atoms with van der Waals surface area (Å²) < 4.78 is 11.5. The summed E-state index contributed by atoms with van der Waals surface area (Å²) in [5, 5.41) is 3.47. The van der Waals surface area contributed by atoms with Crippen LogP contribution < -0.4 is 14.8 Å². The van der Waals surface area contributed by atoms with Crippen LogP contribution in [0.15, 0.2) is 109 Å². The molecule has 0 spiro atoms. The lowest BCUT2D eigenvalue weighted by molar-refractivity contribution is 0.217. The Balaban J connectivity index is 1.26. The maximum atomic E-state index is 5.82. The van der Waals surface area contributed by atoms with E-state index in [0.29, 0.717) is 13.2 Å². The summed E-state index contributed by atoms with van der Waals surface area (Å²) in [7, 11) is 0. The van der Waals surface area contributed by atoms with Crippen LogP contribution in [0.25, 0.3) is 11.1 Å². The minimum absolute atomic E-state index is 0.499. The molecule has 150 valence electrons. The van der Waals surface area contributed by atoms with E-state index in [1.807, 2.05) is 60.7 Å². The van der Waals surface area contributed by atoms with Gasteiger partial charge in [-0.05, 0) is 41.0 Å². The Bertz CT molecular complexity index is 1030. The lowest BCUT2D eigenvalue weighted by Gasteiger charge is -2.11. The van der Waals surface area contributed by atoms with Gasteiger partial charge in [0.15, 0.2) is 0 Å². The fourth-order valence-electron chi connectivity index (χ4n) is 3.18. The highest BCUT2D eigenvalue weighted by Crippen LogP contribution is 2.21. The predicted octanol–water partition coefficient (Wildman–Crippen LogP) is 6.42. The molecular formula is C27H25NO2. The van der Waals surface area contributed by atoms with E-state index in [-0.39, 0.29) is 0 Å². The topological polar surface area (TPSA) is 30.5 Å². The highest BCUT2D eigenvalue weighted by molar-refractivity contribution is 5.63. The van der Waals surface area contributed by atoms with E-state index >= 15 is 0 Å². The molecule has 4 aromatic rings. The van der Waals surface area contributed by atoms with Crippen molar-refractivity contribution in [1.82, 2.24) is 0 Å². The van der Waals surface area contributed by atoms with E-state index in [1.54, 1.807) is 0 Å². The summed E-state index contributed by atoms with van der Waals surface area (Å²) >= 11 is 0. The quantitative estimate of drug-likeness (QED) is 0.332. The molecule has 0 aliphatic carbocycles. The Hall–Kier alpha value is -3.72. The number of hydrogen-bond donors (Lipinski definition) is 1. The number of para-hydroxylation sites is 1. The van der Waals surface area contributed by atoms with Gasteiger partial charge in [-0.15, -0.1) is 0 Å². The van der Waals surface area contributed by atoms with Crippen LogP contribution in [-0.4, -0.2) is 13.2 Å². The molecule has 0 unspecified atom stereocenters. The van der Waals surface area contributed by atoms with Crippen molar-refractivity contribution in [3.05, 3.63) is 115 Å². The van der Waals surface area contributed by atoms with Gasteiger partial charge in [-0.25, -0.2) is 0 Å². The third-order valence-corrected chi connectivity index (χ3v) is 4.76. The first-order valence-electron chi connectivity index (χ1n) is 10.2. The summed E-state index contributed by atoms with van der Waals surface area (Å²) in [6.07, 6.45) is 0. The van der Waals surface area contributed by atoms with Gasteiger partial charge < -0.3 is 14.8 Å². The van der Waals surface area contributed by atoms with Crippen molar-refractivity contribution in [2.24, 2.45) is 0 Å². The minimum atomic E-state index is 0.499. The third kappa shape index (κ3) is 5.65. The van der Waals surface area contributed by atoms with Crippen molar-refractivity contribution >= 4 is 5.69 Å². The van der Waals surface area contributed by atoms with Crippen molar-refractivity contribution in [2.45, 2.75) is 6.54 Å². The Morgan fingerprint density at radius 3 is 1.87 bits per heavy atom. The smallest absolute Gasteiger partial charge is 0.122 e. The molecule has 0 saturated heterocycles. The molecule has 3 heteroatoms. The first-order chi connectivity index (χ1) is 14.9. The molecular weight excluding hydrogens is 370 g/mol. The van der Waals surface area contributed by atoms with Gasteiger partial charge in [0, 0.05) is 18.3 Å². The van der Waals surface area contributed by atoms with Gasteiger partial charge in [0.05, 0.1) is 0 Å². The summed E-state index contributed by atoms with van der Waals surface area (Å²) in [4.78, 5) is 0. The highest BCUT2D eigenvalue weighted by atomic mass is 16.5. The molecule has 0 fully saturated rings. The monoisotopic (exact) mass is 395 g/mol. The molecule has 30 heavy (non-hydrogen) atoms. The molecule has 0 saturated carbocycles. The second-order valence-corrected chi connectivity index (χ2v) is 6.95. The normalized spacial score (nSPS) is 10.4. The van der Waals surface area contributed by atoms with E-state index < -0.39 is 0 Å². The number of ether oxygens (including phenoxy) is 2. The summed E-state index contributed by atoms with van der Waals surface area (Å²) in [5.74, 6) is 1.69. The first kappa shape index (κ1) is 19.6. The van der Waals surface area contributed by atoms with E-state index in [2.05, 4.69) is 53.8 Å². The second-order valence-electron chi connectivity index (χ2n) is 6.95. The average Bonchev–Trinajstić information content (AvgIpc) is 2.82. The molecule has 0 heterocycles. The zero-order valence-electron chi connectivity index (χ0n) is 16.8. The standard InChI is InChI=1S/C27H25NO2/c1-3-8-23(9-4-1)24-16-14-22(15-17-24)21-28-25-10-7-13-27(20-25)30-19-18-29-26-11-5-2-6-12-26/h1-17,20,28H,18-19,21H2. The largest absolute Gasteiger partial charge is 0.490 e. The molecule has 0 bridgehead atoms. The first-order valence-corrected chi connectivity index (χ1v) is 10.2. The lowest BCUT2D eigenvalue weighted by atomic mass is 10.0. The van der Waals surface area contributed by atoms with Crippen LogP contribution >= 0.6 is 0 Å². The molecule has 4 aromatic carbocycles. The van der Waals surface area contributed by atoms with Gasteiger partial charge in [0.25, 0.3) is 0 Å². The molecule has 3 nitrogen and oxygen atoms in total. The zero-order valence-corrected chi connectivity index (χ0v) is 16.8. The fourth-order valence-corrected chi connectivity index (χ4v) is 3.18. The minimum Gasteiger partial charge on any atom is -0.490 e. The Morgan fingerprint density at radius 2 is 1.13 bits per heavy atom. The van der Waals surface area contributed by atoms with Crippen molar-refractivity contribution < 1.29 is 9.47 Å². The number of hydrogen-bond acceptors (Lipinski definition) is 3. The Labute approximate surface area is 177 Å². The fraction of sp³-hybridized carbons (Fsp3) is 0.111. The summed E-state index contributed by atoms with van der Waals surface area (Å²) in [6, 6.07) is 36.9. The molecule has 0 amide bonds. The molecule has 0 atom stereocenters. The van der Waals surface area contributed by atoms with Gasteiger partial charge in [0.2, 0.25) is 0 Å². The highest BCUT2D eigenvalue weighted by Gasteiger charge is 2.00. The number of rotatable bonds is 9. The third-order valence-electron chi connectivity index (χ3n) is 4.76. The summed E-state index contributed by atoms with van der Waals surface area (Å²) in [5.41, 5.74) is 4.73. The maximum Gasteiger partial charge on any atom is 0.122 e. The van der Waals surface area contributed by atoms with Gasteiger partial charge in [-0.3, -0.25) is 0 Å². The number of nitrogens with one attached hydrogen (secondary N) is 1. The molecule has 0 aliphatic heterocycles. The molecule has 0 aromatic heterocycles. The second kappa shape index (κ2) is 10.2. The average molecular weight is 396 g/mol. The molecule has 0 aliphatic rings. The van der Waals surface area contributed by atoms with Crippen molar-refractivity contribution in [1.29, 1.82) is 0 Å². The number of anilines is 1. The molecule has 0 radical (unpaired) electrons. The maximum absolute atomic E-state index is 5.82. The lowest BCUT2D eigenvalue weighted by Crippen LogP contribution is -2.09. The van der Waals surface area contributed by atoms with Crippen molar-refractivity contribution in [3.8, 4) is 22.6 Å². The van der Waals surface area contributed by atoms with Crippen LogP contribution in [0.2, 0.25) is 0 Å². The van der Waals surface area contributed by atoms with Crippen LogP contribution in [0.1, 0.15) is 5.56 Å². The van der Waals surface area contributed by atoms with Crippen LogP contribution in [0.3, 0.4) is 0 Å². The SMILES string of the molecule is c1ccc(OCCOc2cccc(NCc3ccc(-c4ccccc4)cc3)c2)cc1. The van der Waals surface area contributed by atoms with Gasteiger partial charge in [-0.2, -0.15) is 0 Å². The van der Waals surface area contributed by atoms with Crippen molar-refractivity contribution in [2.75, 3.05) is 18.5 Å². The van der Waals surface area contributed by atoms with Gasteiger partial charge in [-0.1, -0.05) is 78.9 Å².